The number of benzene rings is 1. The molecule has 0 saturated carbocycles. The van der Waals surface area contributed by atoms with Crippen LogP contribution in [0.2, 0.25) is 0 Å². The lowest BCUT2D eigenvalue weighted by atomic mass is 9.79. The van der Waals surface area contributed by atoms with Crippen molar-refractivity contribution in [3.63, 3.8) is 0 Å². The van der Waals surface area contributed by atoms with Crippen LogP contribution >= 0.6 is 0 Å². The quantitative estimate of drug-likeness (QED) is 0.639. The van der Waals surface area contributed by atoms with E-state index in [-0.39, 0.29) is 46.8 Å². The standard InChI is InChI=1S/C22H28O7/c1-4-5-6-7-8-9-22(26)11-14-15(12-29-22)19(24)17-13(18(14)23)10-16(27-2)21(28-3)20(17)25/h10,25-26H,4-9,11-12H2,1-3H3. The largest absolute Gasteiger partial charge is 0.504 e. The molecular formula is C22H28O7. The molecule has 1 aliphatic heterocycles. The fraction of sp³-hybridized carbons (Fsp3) is 0.545. The predicted molar refractivity (Wildman–Crippen MR) is 106 cm³/mol. The Balaban J connectivity index is 1.88. The Bertz CT molecular complexity index is 855. The number of carbonyl (C=O) groups is 2. The van der Waals surface area contributed by atoms with Crippen LogP contribution in [0.3, 0.4) is 0 Å². The molecule has 1 unspecified atom stereocenters. The summed E-state index contributed by atoms with van der Waals surface area (Å²) in [5.41, 5.74) is 0.369. The molecule has 0 spiro atoms. The van der Waals surface area contributed by atoms with Crippen molar-refractivity contribution in [1.29, 1.82) is 0 Å². The van der Waals surface area contributed by atoms with Gasteiger partial charge in [-0.2, -0.15) is 0 Å². The second kappa shape index (κ2) is 8.55. The van der Waals surface area contributed by atoms with E-state index in [1.165, 1.54) is 20.3 Å². The van der Waals surface area contributed by atoms with Crippen LogP contribution < -0.4 is 9.47 Å². The fourth-order valence-electron chi connectivity index (χ4n) is 4.01. The maximum Gasteiger partial charge on any atom is 0.203 e. The van der Waals surface area contributed by atoms with E-state index >= 15 is 0 Å². The number of methoxy groups -OCH3 is 2. The molecule has 1 heterocycles. The van der Waals surface area contributed by atoms with Gasteiger partial charge in [0.15, 0.2) is 28.9 Å². The molecule has 1 aliphatic carbocycles. The number of aliphatic hydroxyl groups is 1. The monoisotopic (exact) mass is 404 g/mol. The lowest BCUT2D eigenvalue weighted by Gasteiger charge is -2.36. The summed E-state index contributed by atoms with van der Waals surface area (Å²) in [4.78, 5) is 26.1. The van der Waals surface area contributed by atoms with Crippen LogP contribution in [0.15, 0.2) is 17.2 Å². The smallest absolute Gasteiger partial charge is 0.203 e. The van der Waals surface area contributed by atoms with E-state index in [4.69, 9.17) is 14.2 Å². The highest BCUT2D eigenvalue weighted by Gasteiger charge is 2.44. The number of phenolic OH excluding ortho intramolecular Hbond substituents is 1. The van der Waals surface area contributed by atoms with Gasteiger partial charge < -0.3 is 24.4 Å². The average molecular weight is 404 g/mol. The van der Waals surface area contributed by atoms with Crippen molar-refractivity contribution in [2.75, 3.05) is 20.8 Å². The minimum atomic E-state index is -1.46. The Labute approximate surface area is 170 Å². The lowest BCUT2D eigenvalue weighted by Crippen LogP contribution is -2.41. The zero-order valence-electron chi connectivity index (χ0n) is 17.2. The van der Waals surface area contributed by atoms with Gasteiger partial charge in [-0.05, 0) is 12.5 Å². The van der Waals surface area contributed by atoms with E-state index < -0.39 is 23.1 Å². The Morgan fingerprint density at radius 1 is 1.07 bits per heavy atom. The van der Waals surface area contributed by atoms with Gasteiger partial charge in [0.05, 0.1) is 26.4 Å². The molecule has 1 aromatic carbocycles. The molecular weight excluding hydrogens is 376 g/mol. The summed E-state index contributed by atoms with van der Waals surface area (Å²) in [6.45, 7) is 1.97. The zero-order chi connectivity index (χ0) is 21.2. The first-order chi connectivity index (χ1) is 13.9. The Morgan fingerprint density at radius 2 is 1.79 bits per heavy atom. The van der Waals surface area contributed by atoms with Gasteiger partial charge >= 0.3 is 0 Å². The third-order valence-corrected chi connectivity index (χ3v) is 5.64. The molecule has 7 nitrogen and oxygen atoms in total. The van der Waals surface area contributed by atoms with Crippen LogP contribution in [-0.4, -0.2) is 48.4 Å². The molecule has 1 aromatic rings. The summed E-state index contributed by atoms with van der Waals surface area (Å²) in [6, 6.07) is 1.40. The third-order valence-electron chi connectivity index (χ3n) is 5.64. The summed E-state index contributed by atoms with van der Waals surface area (Å²) in [5.74, 6) is -2.62. The molecule has 0 fully saturated rings. The molecule has 2 N–H and O–H groups in total. The van der Waals surface area contributed by atoms with E-state index in [0.29, 0.717) is 6.42 Å². The molecule has 3 rings (SSSR count). The van der Waals surface area contributed by atoms with Crippen LogP contribution in [0.1, 0.15) is 72.6 Å². The number of hydrogen-bond acceptors (Lipinski definition) is 7. The molecule has 0 radical (unpaired) electrons. The minimum absolute atomic E-state index is 0.00300. The molecule has 0 bridgehead atoms. The van der Waals surface area contributed by atoms with E-state index in [2.05, 4.69) is 6.92 Å². The number of hydrogen-bond donors (Lipinski definition) is 2. The molecule has 29 heavy (non-hydrogen) atoms. The summed E-state index contributed by atoms with van der Waals surface area (Å²) >= 11 is 0. The second-order valence-corrected chi connectivity index (χ2v) is 7.57. The van der Waals surface area contributed by atoms with Gasteiger partial charge in [-0.15, -0.1) is 0 Å². The number of carbonyl (C=O) groups excluding carboxylic acids is 2. The van der Waals surface area contributed by atoms with E-state index in [9.17, 15) is 19.8 Å². The van der Waals surface area contributed by atoms with Gasteiger partial charge in [-0.1, -0.05) is 32.6 Å². The number of Topliss-reactive ketones (excluding diaryl/α,β-unsaturated/α-hetero) is 2. The Kier molecular flexibility index (Phi) is 6.29. The molecule has 158 valence electrons. The number of rotatable bonds is 8. The number of ketones is 2. The first-order valence-electron chi connectivity index (χ1n) is 10.0. The molecule has 1 atom stereocenters. The van der Waals surface area contributed by atoms with Crippen LogP contribution in [0.4, 0.5) is 0 Å². The van der Waals surface area contributed by atoms with Gasteiger partial charge in [0.1, 0.15) is 0 Å². The lowest BCUT2D eigenvalue weighted by molar-refractivity contribution is -0.206. The molecule has 0 amide bonds. The van der Waals surface area contributed by atoms with Gasteiger partial charge in [-0.3, -0.25) is 9.59 Å². The van der Waals surface area contributed by atoms with Crippen LogP contribution in [0, 0.1) is 0 Å². The number of phenols is 1. The third kappa shape index (κ3) is 3.89. The summed E-state index contributed by atoms with van der Waals surface area (Å²) in [6.07, 6.45) is 5.48. The van der Waals surface area contributed by atoms with E-state index in [0.717, 1.165) is 32.1 Å². The maximum atomic E-state index is 13.1. The van der Waals surface area contributed by atoms with Gasteiger partial charge in [0, 0.05) is 29.6 Å². The van der Waals surface area contributed by atoms with Crippen molar-refractivity contribution in [3.8, 4) is 17.2 Å². The molecule has 7 heteroatoms. The second-order valence-electron chi connectivity index (χ2n) is 7.57. The summed E-state index contributed by atoms with van der Waals surface area (Å²) < 4.78 is 15.9. The molecule has 2 aliphatic rings. The number of unbranched alkanes of at least 4 members (excludes halogenated alkanes) is 4. The summed E-state index contributed by atoms with van der Waals surface area (Å²) in [7, 11) is 2.73. The minimum Gasteiger partial charge on any atom is -0.504 e. The van der Waals surface area contributed by atoms with Crippen molar-refractivity contribution >= 4 is 11.6 Å². The summed E-state index contributed by atoms with van der Waals surface area (Å²) in [5, 5.41) is 21.4. The van der Waals surface area contributed by atoms with Crippen LogP contribution in [0.25, 0.3) is 0 Å². The first kappa shape index (κ1) is 21.3. The van der Waals surface area contributed by atoms with Crippen molar-refractivity contribution in [2.45, 2.75) is 57.7 Å². The Morgan fingerprint density at radius 3 is 2.45 bits per heavy atom. The number of ether oxygens (including phenoxy) is 3. The maximum absolute atomic E-state index is 13.1. The predicted octanol–water partition coefficient (Wildman–Crippen LogP) is 3.55. The normalized spacial score (nSPS) is 21.1. The highest BCUT2D eigenvalue weighted by molar-refractivity contribution is 6.28. The average Bonchev–Trinajstić information content (AvgIpc) is 2.71. The SMILES string of the molecule is CCCCCCCC1(O)CC2=C(CO1)C(=O)c1c(cc(OC)c(OC)c1O)C2=O. The highest BCUT2D eigenvalue weighted by Crippen LogP contribution is 2.46. The van der Waals surface area contributed by atoms with Gasteiger partial charge in [0.25, 0.3) is 0 Å². The van der Waals surface area contributed by atoms with E-state index in [1.54, 1.807) is 0 Å². The van der Waals surface area contributed by atoms with Gasteiger partial charge in [0.2, 0.25) is 5.75 Å². The number of fused-ring (bicyclic) bond motifs is 1. The Hall–Kier alpha value is -2.38. The topological polar surface area (TPSA) is 102 Å². The van der Waals surface area contributed by atoms with Crippen molar-refractivity contribution < 1.29 is 34.0 Å². The van der Waals surface area contributed by atoms with Crippen molar-refractivity contribution in [1.82, 2.24) is 0 Å². The zero-order valence-corrected chi connectivity index (χ0v) is 17.2. The van der Waals surface area contributed by atoms with Crippen LogP contribution in [0.5, 0.6) is 17.2 Å². The van der Waals surface area contributed by atoms with E-state index in [1.807, 2.05) is 0 Å². The molecule has 0 aromatic heterocycles. The van der Waals surface area contributed by atoms with Crippen molar-refractivity contribution in [2.24, 2.45) is 0 Å². The van der Waals surface area contributed by atoms with Crippen molar-refractivity contribution in [3.05, 3.63) is 28.3 Å². The fourth-order valence-corrected chi connectivity index (χ4v) is 4.01. The highest BCUT2D eigenvalue weighted by atomic mass is 16.6. The van der Waals surface area contributed by atoms with Crippen LogP contribution in [-0.2, 0) is 4.74 Å². The first-order valence-corrected chi connectivity index (χ1v) is 10.0. The molecule has 0 saturated heterocycles. The van der Waals surface area contributed by atoms with Gasteiger partial charge in [-0.25, -0.2) is 0 Å². The number of aromatic hydroxyl groups is 1.